The number of carbonyl (C=O) groups is 1. The van der Waals surface area contributed by atoms with E-state index in [0.717, 1.165) is 45.3 Å². The summed E-state index contributed by atoms with van der Waals surface area (Å²) in [5, 5.41) is 3.46. The Hall–Kier alpha value is -0.610. The monoisotopic (exact) mass is 268 g/mol. The second-order valence-corrected chi connectivity index (χ2v) is 5.74. The number of rotatable bonds is 6. The van der Waals surface area contributed by atoms with E-state index in [0.29, 0.717) is 12.0 Å². The lowest BCUT2D eigenvalue weighted by Crippen LogP contribution is -2.39. The maximum atomic E-state index is 12.4. The van der Waals surface area contributed by atoms with E-state index in [1.165, 1.54) is 12.8 Å². The molecule has 2 aliphatic rings. The van der Waals surface area contributed by atoms with Crippen molar-refractivity contribution in [2.75, 3.05) is 13.2 Å². The Labute approximate surface area is 116 Å². The molecule has 1 N–H and O–H groups in total. The van der Waals surface area contributed by atoms with Gasteiger partial charge in [-0.25, -0.2) is 0 Å². The molecule has 2 rings (SSSR count). The molecule has 2 saturated heterocycles. The van der Waals surface area contributed by atoms with Gasteiger partial charge in [-0.2, -0.15) is 0 Å². The fourth-order valence-corrected chi connectivity index (χ4v) is 3.17. The molecule has 0 bridgehead atoms. The van der Waals surface area contributed by atoms with Crippen LogP contribution in [0.2, 0.25) is 0 Å². The van der Waals surface area contributed by atoms with Crippen molar-refractivity contribution in [2.45, 2.75) is 77.1 Å². The standard InChI is InChI=1S/C15H28N2O2/c1-3-7-13-15(18)17(14(4-2)16-13)10-9-12-8-5-6-11-19-12/h12-14,16H,3-11H2,1-2H3. The van der Waals surface area contributed by atoms with Gasteiger partial charge in [0.1, 0.15) is 0 Å². The van der Waals surface area contributed by atoms with Crippen LogP contribution in [0, 0.1) is 0 Å². The third-order valence-electron chi connectivity index (χ3n) is 4.28. The average molecular weight is 268 g/mol. The molecule has 1 amide bonds. The molecule has 110 valence electrons. The minimum Gasteiger partial charge on any atom is -0.378 e. The molecule has 4 heteroatoms. The van der Waals surface area contributed by atoms with Crippen molar-refractivity contribution in [3.05, 3.63) is 0 Å². The summed E-state index contributed by atoms with van der Waals surface area (Å²) in [5.41, 5.74) is 0. The van der Waals surface area contributed by atoms with E-state index in [1.54, 1.807) is 0 Å². The summed E-state index contributed by atoms with van der Waals surface area (Å²) >= 11 is 0. The topological polar surface area (TPSA) is 41.6 Å². The van der Waals surface area contributed by atoms with Crippen LogP contribution in [0.1, 0.15) is 58.8 Å². The highest BCUT2D eigenvalue weighted by Gasteiger charge is 2.37. The Morgan fingerprint density at radius 1 is 1.32 bits per heavy atom. The highest BCUT2D eigenvalue weighted by molar-refractivity contribution is 5.84. The molecule has 3 atom stereocenters. The maximum absolute atomic E-state index is 12.4. The highest BCUT2D eigenvalue weighted by Crippen LogP contribution is 2.20. The average Bonchev–Trinajstić information content (AvgIpc) is 2.74. The first-order chi connectivity index (χ1) is 9.26. The molecule has 0 aromatic carbocycles. The molecule has 2 fully saturated rings. The first kappa shape index (κ1) is 14.8. The Balaban J connectivity index is 1.84. The van der Waals surface area contributed by atoms with Gasteiger partial charge in [0, 0.05) is 13.2 Å². The molecule has 0 radical (unpaired) electrons. The van der Waals surface area contributed by atoms with Crippen molar-refractivity contribution in [1.82, 2.24) is 10.2 Å². The zero-order chi connectivity index (χ0) is 13.7. The van der Waals surface area contributed by atoms with Gasteiger partial charge in [-0.05, 0) is 38.5 Å². The third-order valence-corrected chi connectivity index (χ3v) is 4.28. The Kier molecular flexibility index (Phi) is 5.64. The Bertz CT molecular complexity index is 290. The number of amides is 1. The quantitative estimate of drug-likeness (QED) is 0.803. The Morgan fingerprint density at radius 2 is 2.16 bits per heavy atom. The second-order valence-electron chi connectivity index (χ2n) is 5.74. The zero-order valence-corrected chi connectivity index (χ0v) is 12.4. The molecule has 0 spiro atoms. The summed E-state index contributed by atoms with van der Waals surface area (Å²) < 4.78 is 5.76. The fourth-order valence-electron chi connectivity index (χ4n) is 3.17. The molecule has 2 heterocycles. The predicted molar refractivity (Wildman–Crippen MR) is 75.8 cm³/mol. The number of hydrogen-bond donors (Lipinski definition) is 1. The van der Waals surface area contributed by atoms with Crippen molar-refractivity contribution >= 4 is 5.91 Å². The van der Waals surface area contributed by atoms with E-state index in [4.69, 9.17) is 4.74 Å². The number of hydrogen-bond acceptors (Lipinski definition) is 3. The Morgan fingerprint density at radius 3 is 2.79 bits per heavy atom. The molecule has 3 unspecified atom stereocenters. The molecule has 0 aromatic heterocycles. The van der Waals surface area contributed by atoms with E-state index in [-0.39, 0.29) is 12.2 Å². The van der Waals surface area contributed by atoms with E-state index >= 15 is 0 Å². The van der Waals surface area contributed by atoms with Gasteiger partial charge in [0.25, 0.3) is 0 Å². The van der Waals surface area contributed by atoms with E-state index < -0.39 is 0 Å². The number of ether oxygens (including phenoxy) is 1. The predicted octanol–water partition coefficient (Wildman–Crippen LogP) is 2.28. The molecular formula is C15H28N2O2. The van der Waals surface area contributed by atoms with Crippen LogP contribution in [0.4, 0.5) is 0 Å². The zero-order valence-electron chi connectivity index (χ0n) is 12.4. The van der Waals surface area contributed by atoms with Crippen LogP contribution in [-0.4, -0.2) is 42.3 Å². The highest BCUT2D eigenvalue weighted by atomic mass is 16.5. The van der Waals surface area contributed by atoms with Gasteiger partial charge in [0.15, 0.2) is 0 Å². The van der Waals surface area contributed by atoms with Crippen LogP contribution in [0.15, 0.2) is 0 Å². The van der Waals surface area contributed by atoms with Gasteiger partial charge in [-0.15, -0.1) is 0 Å². The molecule has 0 saturated carbocycles. The molecule has 4 nitrogen and oxygen atoms in total. The summed E-state index contributed by atoms with van der Waals surface area (Å²) in [6.45, 7) is 6.01. The molecule has 2 aliphatic heterocycles. The molecular weight excluding hydrogens is 240 g/mol. The van der Waals surface area contributed by atoms with Crippen molar-refractivity contribution < 1.29 is 9.53 Å². The lowest BCUT2D eigenvalue weighted by atomic mass is 10.1. The molecule has 0 aliphatic carbocycles. The number of nitrogens with zero attached hydrogens (tertiary/aromatic N) is 1. The van der Waals surface area contributed by atoms with Crippen LogP contribution < -0.4 is 5.32 Å². The smallest absolute Gasteiger partial charge is 0.241 e. The first-order valence-electron chi connectivity index (χ1n) is 7.94. The molecule has 19 heavy (non-hydrogen) atoms. The van der Waals surface area contributed by atoms with Gasteiger partial charge >= 0.3 is 0 Å². The lowest BCUT2D eigenvalue weighted by molar-refractivity contribution is -0.130. The maximum Gasteiger partial charge on any atom is 0.241 e. The van der Waals surface area contributed by atoms with E-state index in [2.05, 4.69) is 19.2 Å². The summed E-state index contributed by atoms with van der Waals surface area (Å²) in [5.74, 6) is 0.296. The lowest BCUT2D eigenvalue weighted by Gasteiger charge is -2.27. The summed E-state index contributed by atoms with van der Waals surface area (Å²) in [6.07, 6.45) is 8.19. The first-order valence-corrected chi connectivity index (χ1v) is 7.94. The van der Waals surface area contributed by atoms with Crippen LogP contribution >= 0.6 is 0 Å². The van der Waals surface area contributed by atoms with Crippen LogP contribution in [0.5, 0.6) is 0 Å². The second kappa shape index (κ2) is 7.25. The summed E-state index contributed by atoms with van der Waals surface area (Å²) in [6, 6.07) is 0.0437. The van der Waals surface area contributed by atoms with Gasteiger partial charge in [0.2, 0.25) is 5.91 Å². The third kappa shape index (κ3) is 3.69. The fraction of sp³-hybridized carbons (Fsp3) is 0.933. The minimum atomic E-state index is 0.0437. The number of carbonyl (C=O) groups excluding carboxylic acids is 1. The largest absolute Gasteiger partial charge is 0.378 e. The molecule has 0 aromatic rings. The van der Waals surface area contributed by atoms with Gasteiger partial charge in [-0.3, -0.25) is 10.1 Å². The normalized spacial score (nSPS) is 32.0. The van der Waals surface area contributed by atoms with Crippen LogP contribution in [0.3, 0.4) is 0 Å². The van der Waals surface area contributed by atoms with Crippen molar-refractivity contribution in [3.8, 4) is 0 Å². The number of nitrogens with one attached hydrogen (secondary N) is 1. The minimum absolute atomic E-state index is 0.0437. The van der Waals surface area contributed by atoms with E-state index in [1.807, 2.05) is 4.90 Å². The van der Waals surface area contributed by atoms with Crippen molar-refractivity contribution in [3.63, 3.8) is 0 Å². The van der Waals surface area contributed by atoms with Gasteiger partial charge < -0.3 is 9.64 Å². The van der Waals surface area contributed by atoms with Crippen LogP contribution in [-0.2, 0) is 9.53 Å². The van der Waals surface area contributed by atoms with Crippen LogP contribution in [0.25, 0.3) is 0 Å². The van der Waals surface area contributed by atoms with E-state index in [9.17, 15) is 4.79 Å². The van der Waals surface area contributed by atoms with Gasteiger partial charge in [0.05, 0.1) is 18.3 Å². The summed E-state index contributed by atoms with van der Waals surface area (Å²) in [7, 11) is 0. The van der Waals surface area contributed by atoms with Crippen molar-refractivity contribution in [1.29, 1.82) is 0 Å². The summed E-state index contributed by atoms with van der Waals surface area (Å²) in [4.78, 5) is 14.4. The van der Waals surface area contributed by atoms with Crippen molar-refractivity contribution in [2.24, 2.45) is 0 Å². The SMILES string of the molecule is CCCC1NC(CC)N(CCC2CCCCO2)C1=O. The van der Waals surface area contributed by atoms with Gasteiger partial charge in [-0.1, -0.05) is 20.3 Å².